The molecule has 3 nitrogen and oxygen atoms in total. The molecule has 0 unspecified atom stereocenters. The van der Waals surface area contributed by atoms with E-state index >= 15 is 0 Å². The molecule has 0 radical (unpaired) electrons. The summed E-state index contributed by atoms with van der Waals surface area (Å²) in [5.74, 6) is -0.403. The second-order valence-corrected chi connectivity index (χ2v) is 5.66. The van der Waals surface area contributed by atoms with Gasteiger partial charge < -0.3 is 14.8 Å². The SMILES string of the molecule is CC(C)(C)CNC1COC(C)(C)OC1. The van der Waals surface area contributed by atoms with Gasteiger partial charge in [0.2, 0.25) is 0 Å². The van der Waals surface area contributed by atoms with Crippen LogP contribution in [0.5, 0.6) is 0 Å². The van der Waals surface area contributed by atoms with E-state index in [1.54, 1.807) is 0 Å². The summed E-state index contributed by atoms with van der Waals surface area (Å²) < 4.78 is 11.1. The number of hydrogen-bond donors (Lipinski definition) is 1. The molecule has 0 spiro atoms. The molecular weight excluding hydrogens is 178 g/mol. The smallest absolute Gasteiger partial charge is 0.162 e. The third-order valence-electron chi connectivity index (χ3n) is 2.19. The molecule has 1 fully saturated rings. The van der Waals surface area contributed by atoms with E-state index in [0.717, 1.165) is 19.8 Å². The quantitative estimate of drug-likeness (QED) is 0.738. The Hall–Kier alpha value is -0.120. The Balaban J connectivity index is 2.23. The molecular formula is C11H23NO2. The van der Waals surface area contributed by atoms with Crippen molar-refractivity contribution in [2.75, 3.05) is 19.8 Å². The Kier molecular flexibility index (Phi) is 3.56. The number of hydrogen-bond acceptors (Lipinski definition) is 3. The molecule has 0 aromatic heterocycles. The van der Waals surface area contributed by atoms with E-state index < -0.39 is 5.79 Å². The highest BCUT2D eigenvalue weighted by Gasteiger charge is 2.28. The Morgan fingerprint density at radius 2 is 1.71 bits per heavy atom. The van der Waals surface area contributed by atoms with Crippen molar-refractivity contribution in [2.45, 2.75) is 46.4 Å². The van der Waals surface area contributed by atoms with Crippen LogP contribution in [-0.2, 0) is 9.47 Å². The van der Waals surface area contributed by atoms with Crippen molar-refractivity contribution in [1.82, 2.24) is 5.32 Å². The van der Waals surface area contributed by atoms with E-state index in [2.05, 4.69) is 26.1 Å². The molecule has 0 saturated carbocycles. The minimum Gasteiger partial charge on any atom is -0.349 e. The summed E-state index contributed by atoms with van der Waals surface area (Å²) in [5.41, 5.74) is 0.312. The fourth-order valence-corrected chi connectivity index (χ4v) is 1.26. The van der Waals surface area contributed by atoms with Gasteiger partial charge in [-0.2, -0.15) is 0 Å². The van der Waals surface area contributed by atoms with Crippen LogP contribution in [0.2, 0.25) is 0 Å². The minimum atomic E-state index is -0.403. The maximum atomic E-state index is 5.56. The van der Waals surface area contributed by atoms with Crippen LogP contribution in [-0.4, -0.2) is 31.6 Å². The highest BCUT2D eigenvalue weighted by atomic mass is 16.7. The van der Waals surface area contributed by atoms with Gasteiger partial charge in [-0.1, -0.05) is 20.8 Å². The van der Waals surface area contributed by atoms with Crippen LogP contribution in [0.4, 0.5) is 0 Å². The molecule has 0 atom stereocenters. The number of rotatable bonds is 2. The molecule has 0 aromatic carbocycles. The summed E-state index contributed by atoms with van der Waals surface area (Å²) in [4.78, 5) is 0. The van der Waals surface area contributed by atoms with E-state index in [-0.39, 0.29) is 0 Å². The monoisotopic (exact) mass is 201 g/mol. The molecule has 84 valence electrons. The van der Waals surface area contributed by atoms with Gasteiger partial charge in [-0.15, -0.1) is 0 Å². The molecule has 0 bridgehead atoms. The maximum Gasteiger partial charge on any atom is 0.162 e. The zero-order chi connectivity index (χ0) is 10.8. The molecule has 0 aliphatic carbocycles. The Bertz CT molecular complexity index is 174. The standard InChI is InChI=1S/C11H23NO2/c1-10(2,3)8-12-9-6-13-11(4,5)14-7-9/h9,12H,6-8H2,1-5H3. The van der Waals surface area contributed by atoms with Gasteiger partial charge in [-0.25, -0.2) is 0 Å². The predicted octanol–water partition coefficient (Wildman–Crippen LogP) is 1.77. The van der Waals surface area contributed by atoms with Gasteiger partial charge in [0, 0.05) is 6.54 Å². The first kappa shape index (κ1) is 12.0. The second-order valence-electron chi connectivity index (χ2n) is 5.66. The lowest BCUT2D eigenvalue weighted by Crippen LogP contribution is -2.50. The van der Waals surface area contributed by atoms with Crippen molar-refractivity contribution < 1.29 is 9.47 Å². The molecule has 1 heterocycles. The Labute approximate surface area is 87.2 Å². The summed E-state index contributed by atoms with van der Waals surface area (Å²) >= 11 is 0. The van der Waals surface area contributed by atoms with Crippen LogP contribution in [0.1, 0.15) is 34.6 Å². The zero-order valence-electron chi connectivity index (χ0n) is 10.0. The van der Waals surface area contributed by atoms with Crippen molar-refractivity contribution in [3.63, 3.8) is 0 Å². The number of ether oxygens (including phenoxy) is 2. The number of nitrogens with one attached hydrogen (secondary N) is 1. The summed E-state index contributed by atoms with van der Waals surface area (Å²) in [6.07, 6.45) is 0. The molecule has 14 heavy (non-hydrogen) atoms. The van der Waals surface area contributed by atoms with Crippen molar-refractivity contribution in [3.05, 3.63) is 0 Å². The molecule has 0 amide bonds. The van der Waals surface area contributed by atoms with Gasteiger partial charge in [-0.05, 0) is 19.3 Å². The highest BCUT2D eigenvalue weighted by molar-refractivity contribution is 4.76. The van der Waals surface area contributed by atoms with Crippen molar-refractivity contribution in [3.8, 4) is 0 Å². The second kappa shape index (κ2) is 4.17. The Morgan fingerprint density at radius 1 is 1.21 bits per heavy atom. The van der Waals surface area contributed by atoms with Crippen molar-refractivity contribution in [1.29, 1.82) is 0 Å². The lowest BCUT2D eigenvalue weighted by molar-refractivity contribution is -0.253. The largest absolute Gasteiger partial charge is 0.349 e. The van der Waals surface area contributed by atoms with Crippen LogP contribution in [0.25, 0.3) is 0 Å². The Morgan fingerprint density at radius 3 is 2.14 bits per heavy atom. The fraction of sp³-hybridized carbons (Fsp3) is 1.00. The fourth-order valence-electron chi connectivity index (χ4n) is 1.26. The first-order chi connectivity index (χ1) is 6.29. The van der Waals surface area contributed by atoms with Crippen LogP contribution in [0, 0.1) is 5.41 Å². The van der Waals surface area contributed by atoms with Gasteiger partial charge in [0.05, 0.1) is 19.3 Å². The van der Waals surface area contributed by atoms with E-state index in [0.29, 0.717) is 11.5 Å². The minimum absolute atomic E-state index is 0.312. The third-order valence-corrected chi connectivity index (χ3v) is 2.19. The molecule has 1 saturated heterocycles. The lowest BCUT2D eigenvalue weighted by atomic mass is 9.96. The van der Waals surface area contributed by atoms with E-state index in [1.807, 2.05) is 13.8 Å². The van der Waals surface area contributed by atoms with Gasteiger partial charge in [0.25, 0.3) is 0 Å². The van der Waals surface area contributed by atoms with E-state index in [4.69, 9.17) is 9.47 Å². The van der Waals surface area contributed by atoms with E-state index in [9.17, 15) is 0 Å². The summed E-state index contributed by atoms with van der Waals surface area (Å²) in [6.45, 7) is 13.0. The normalized spacial score (nSPS) is 23.8. The molecule has 1 rings (SSSR count). The summed E-state index contributed by atoms with van der Waals surface area (Å²) in [5, 5.41) is 3.45. The topological polar surface area (TPSA) is 30.5 Å². The molecule has 1 aliphatic heterocycles. The third kappa shape index (κ3) is 4.40. The first-order valence-electron chi connectivity index (χ1n) is 5.30. The van der Waals surface area contributed by atoms with Crippen LogP contribution >= 0.6 is 0 Å². The van der Waals surface area contributed by atoms with Gasteiger partial charge in [0.15, 0.2) is 5.79 Å². The van der Waals surface area contributed by atoms with Crippen LogP contribution in [0.15, 0.2) is 0 Å². The molecule has 1 aliphatic rings. The van der Waals surface area contributed by atoms with Gasteiger partial charge in [0.1, 0.15) is 0 Å². The van der Waals surface area contributed by atoms with Gasteiger partial charge in [-0.3, -0.25) is 0 Å². The zero-order valence-corrected chi connectivity index (χ0v) is 10.0. The molecule has 0 aromatic rings. The average molecular weight is 201 g/mol. The van der Waals surface area contributed by atoms with Crippen LogP contribution < -0.4 is 5.32 Å². The molecule has 1 N–H and O–H groups in total. The van der Waals surface area contributed by atoms with Crippen molar-refractivity contribution >= 4 is 0 Å². The predicted molar refractivity (Wildman–Crippen MR) is 57.2 cm³/mol. The maximum absolute atomic E-state index is 5.56. The lowest BCUT2D eigenvalue weighted by Gasteiger charge is -2.36. The molecule has 3 heteroatoms. The van der Waals surface area contributed by atoms with Crippen LogP contribution in [0.3, 0.4) is 0 Å². The summed E-state index contributed by atoms with van der Waals surface area (Å²) in [6, 6.07) is 0.335. The van der Waals surface area contributed by atoms with Crippen molar-refractivity contribution in [2.24, 2.45) is 5.41 Å². The first-order valence-corrected chi connectivity index (χ1v) is 5.30. The highest BCUT2D eigenvalue weighted by Crippen LogP contribution is 2.18. The van der Waals surface area contributed by atoms with E-state index in [1.165, 1.54) is 0 Å². The summed E-state index contributed by atoms with van der Waals surface area (Å²) in [7, 11) is 0. The van der Waals surface area contributed by atoms with Gasteiger partial charge >= 0.3 is 0 Å². The average Bonchev–Trinajstić information content (AvgIpc) is 2.01.